The van der Waals surface area contributed by atoms with E-state index in [9.17, 15) is 9.00 Å². The van der Waals surface area contributed by atoms with Crippen LogP contribution in [0.15, 0.2) is 59.9 Å². The standard InChI is InChI=1S/C30H33FN4O4S/c1-19-26(8-5-20(29(19)31)15-28(36)34-21-17-33-35(18-21)30(2,3)4)39-27-9-12-32-25-7-6-23(16-24(25)27)40(37)22-10-13-38-14-11-22/h5-9,12,16-18,22H,10-11,13-15H2,1-4H3,(H,34,36). The zero-order valence-electron chi connectivity index (χ0n) is 23.1. The summed E-state index contributed by atoms with van der Waals surface area (Å²) in [6, 6.07) is 10.4. The van der Waals surface area contributed by atoms with E-state index in [4.69, 9.17) is 9.47 Å². The average molecular weight is 565 g/mol. The first-order valence-electron chi connectivity index (χ1n) is 13.3. The first-order chi connectivity index (χ1) is 19.1. The third-order valence-electron chi connectivity index (χ3n) is 6.92. The lowest BCUT2D eigenvalue weighted by molar-refractivity contribution is -0.115. The molecule has 1 saturated heterocycles. The summed E-state index contributed by atoms with van der Waals surface area (Å²) in [5, 5.41) is 7.80. The Bertz CT molecular complexity index is 1570. The van der Waals surface area contributed by atoms with Crippen molar-refractivity contribution in [2.45, 2.75) is 62.6 Å². The third kappa shape index (κ3) is 6.08. The monoisotopic (exact) mass is 564 g/mol. The molecule has 1 fully saturated rings. The summed E-state index contributed by atoms with van der Waals surface area (Å²) < 4.78 is 41.9. The van der Waals surface area contributed by atoms with Gasteiger partial charge in [-0.15, -0.1) is 0 Å². The van der Waals surface area contributed by atoms with Gasteiger partial charge in [-0.25, -0.2) is 4.39 Å². The van der Waals surface area contributed by atoms with Gasteiger partial charge >= 0.3 is 0 Å². The van der Waals surface area contributed by atoms with Crippen molar-refractivity contribution >= 4 is 33.3 Å². The summed E-state index contributed by atoms with van der Waals surface area (Å²) in [5.74, 6) is -0.0282. The van der Waals surface area contributed by atoms with Crippen LogP contribution in [0.4, 0.5) is 10.1 Å². The number of rotatable bonds is 7. The van der Waals surface area contributed by atoms with Crippen molar-refractivity contribution in [3.63, 3.8) is 0 Å². The van der Waals surface area contributed by atoms with Gasteiger partial charge in [0, 0.05) is 46.7 Å². The number of halogens is 1. The minimum Gasteiger partial charge on any atom is -0.456 e. The second-order valence-electron chi connectivity index (χ2n) is 10.9. The van der Waals surface area contributed by atoms with E-state index in [2.05, 4.69) is 15.4 Å². The van der Waals surface area contributed by atoms with Gasteiger partial charge < -0.3 is 14.8 Å². The Balaban J connectivity index is 1.33. The zero-order chi connectivity index (χ0) is 28.4. The lowest BCUT2D eigenvalue weighted by Crippen LogP contribution is -2.24. The minimum atomic E-state index is -1.18. The molecule has 1 amide bonds. The molecule has 1 aliphatic rings. The Labute approximate surface area is 235 Å². The molecule has 210 valence electrons. The average Bonchev–Trinajstić information content (AvgIpc) is 3.42. The zero-order valence-corrected chi connectivity index (χ0v) is 23.9. The molecule has 2 aromatic carbocycles. The van der Waals surface area contributed by atoms with Crippen LogP contribution in [0, 0.1) is 12.7 Å². The highest BCUT2D eigenvalue weighted by atomic mass is 32.2. The summed E-state index contributed by atoms with van der Waals surface area (Å²) >= 11 is 0. The number of amides is 1. The third-order valence-corrected chi connectivity index (χ3v) is 8.71. The van der Waals surface area contributed by atoms with Crippen LogP contribution >= 0.6 is 0 Å². The highest BCUT2D eigenvalue weighted by Crippen LogP contribution is 2.34. The normalized spacial score (nSPS) is 15.2. The molecule has 0 saturated carbocycles. The first kappa shape index (κ1) is 27.9. The lowest BCUT2D eigenvalue weighted by atomic mass is 10.1. The van der Waals surface area contributed by atoms with Gasteiger partial charge in [0.05, 0.1) is 40.2 Å². The van der Waals surface area contributed by atoms with E-state index in [1.807, 2.05) is 39.0 Å². The van der Waals surface area contributed by atoms with Crippen molar-refractivity contribution < 1.29 is 22.9 Å². The van der Waals surface area contributed by atoms with Crippen LogP contribution in [0.2, 0.25) is 0 Å². The number of fused-ring (bicyclic) bond motifs is 1. The molecule has 3 heterocycles. The van der Waals surface area contributed by atoms with E-state index in [0.717, 1.165) is 12.8 Å². The highest BCUT2D eigenvalue weighted by Gasteiger charge is 2.23. The summed E-state index contributed by atoms with van der Waals surface area (Å²) in [5.41, 5.74) is 1.58. The maximum Gasteiger partial charge on any atom is 0.228 e. The topological polar surface area (TPSA) is 95.3 Å². The molecule has 1 aliphatic heterocycles. The van der Waals surface area contributed by atoms with Gasteiger partial charge in [0.25, 0.3) is 0 Å². The molecule has 0 radical (unpaired) electrons. The number of anilines is 1. The minimum absolute atomic E-state index is 0.0444. The predicted octanol–water partition coefficient (Wildman–Crippen LogP) is 5.89. The van der Waals surface area contributed by atoms with Gasteiger partial charge in [-0.1, -0.05) is 6.07 Å². The van der Waals surface area contributed by atoms with Crippen LogP contribution in [0.3, 0.4) is 0 Å². The van der Waals surface area contributed by atoms with Gasteiger partial charge in [0.15, 0.2) is 0 Å². The second-order valence-corrected chi connectivity index (χ2v) is 12.7. The Morgan fingerprint density at radius 1 is 1.18 bits per heavy atom. The fourth-order valence-electron chi connectivity index (χ4n) is 4.62. The quantitative estimate of drug-likeness (QED) is 0.301. The molecule has 4 aromatic rings. The number of carbonyl (C=O) groups excluding carboxylic acids is 1. The van der Waals surface area contributed by atoms with E-state index in [0.29, 0.717) is 46.2 Å². The van der Waals surface area contributed by atoms with Gasteiger partial charge in [-0.2, -0.15) is 5.10 Å². The van der Waals surface area contributed by atoms with E-state index >= 15 is 4.39 Å². The van der Waals surface area contributed by atoms with Crippen molar-refractivity contribution in [3.05, 3.63) is 71.9 Å². The first-order valence-corrected chi connectivity index (χ1v) is 14.5. The number of hydrogen-bond donors (Lipinski definition) is 1. The van der Waals surface area contributed by atoms with Crippen LogP contribution in [0.25, 0.3) is 10.9 Å². The molecule has 40 heavy (non-hydrogen) atoms. The molecule has 2 aromatic heterocycles. The van der Waals surface area contributed by atoms with E-state index < -0.39 is 16.6 Å². The van der Waals surface area contributed by atoms with Gasteiger partial charge in [-0.05, 0) is 76.4 Å². The number of nitrogens with zero attached hydrogens (tertiary/aromatic N) is 3. The molecule has 0 aliphatic carbocycles. The maximum absolute atomic E-state index is 15.4. The molecule has 10 heteroatoms. The number of carbonyl (C=O) groups is 1. The summed E-state index contributed by atoms with van der Waals surface area (Å²) in [7, 11) is -1.18. The van der Waals surface area contributed by atoms with Crippen LogP contribution in [-0.4, -0.2) is 43.3 Å². The van der Waals surface area contributed by atoms with E-state index in [-0.39, 0.29) is 34.2 Å². The SMILES string of the molecule is Cc1c(Oc2ccnc3ccc(S(=O)C4CCOCC4)cc23)ccc(CC(=O)Nc2cnn(C(C)(C)C)c2)c1F. The molecule has 0 bridgehead atoms. The van der Waals surface area contributed by atoms with Crippen LogP contribution in [-0.2, 0) is 32.3 Å². The van der Waals surface area contributed by atoms with Crippen LogP contribution < -0.4 is 10.1 Å². The van der Waals surface area contributed by atoms with E-state index in [1.165, 1.54) is 0 Å². The van der Waals surface area contributed by atoms with Crippen molar-refractivity contribution in [2.75, 3.05) is 18.5 Å². The maximum atomic E-state index is 15.4. The Morgan fingerprint density at radius 2 is 1.95 bits per heavy atom. The Morgan fingerprint density at radius 3 is 2.67 bits per heavy atom. The summed E-state index contributed by atoms with van der Waals surface area (Å²) in [6.07, 6.45) is 6.33. The molecule has 1 atom stereocenters. The molecule has 8 nitrogen and oxygen atoms in total. The number of aromatic nitrogens is 3. The number of benzene rings is 2. The number of nitrogens with one attached hydrogen (secondary N) is 1. The molecule has 5 rings (SSSR count). The largest absolute Gasteiger partial charge is 0.456 e. The molecule has 1 unspecified atom stereocenters. The highest BCUT2D eigenvalue weighted by molar-refractivity contribution is 7.85. The molecular weight excluding hydrogens is 531 g/mol. The molecule has 0 spiro atoms. The predicted molar refractivity (Wildman–Crippen MR) is 153 cm³/mol. The fraction of sp³-hybridized carbons (Fsp3) is 0.367. The van der Waals surface area contributed by atoms with Crippen molar-refractivity contribution in [2.24, 2.45) is 0 Å². The van der Waals surface area contributed by atoms with Crippen LogP contribution in [0.1, 0.15) is 44.7 Å². The molecule has 1 N–H and O–H groups in total. The van der Waals surface area contributed by atoms with Gasteiger partial charge in [-0.3, -0.25) is 18.7 Å². The van der Waals surface area contributed by atoms with Gasteiger partial charge in [0.1, 0.15) is 17.3 Å². The smallest absolute Gasteiger partial charge is 0.228 e. The number of hydrogen-bond acceptors (Lipinski definition) is 6. The molecular formula is C30H33FN4O4S. The van der Waals surface area contributed by atoms with Gasteiger partial charge in [0.2, 0.25) is 5.91 Å². The number of ether oxygens (including phenoxy) is 2. The second kappa shape index (κ2) is 11.5. The lowest BCUT2D eigenvalue weighted by Gasteiger charge is -2.21. The Kier molecular flexibility index (Phi) is 8.00. The van der Waals surface area contributed by atoms with Crippen LogP contribution in [0.5, 0.6) is 11.5 Å². The van der Waals surface area contributed by atoms with Crippen molar-refractivity contribution in [1.82, 2.24) is 14.8 Å². The summed E-state index contributed by atoms with van der Waals surface area (Å²) in [4.78, 5) is 17.8. The van der Waals surface area contributed by atoms with Crippen molar-refractivity contribution in [3.8, 4) is 11.5 Å². The van der Waals surface area contributed by atoms with E-state index in [1.54, 1.807) is 48.4 Å². The fourth-order valence-corrected chi connectivity index (χ4v) is 6.06. The summed E-state index contributed by atoms with van der Waals surface area (Å²) in [6.45, 7) is 8.88. The number of pyridine rings is 1. The van der Waals surface area contributed by atoms with Crippen molar-refractivity contribution in [1.29, 1.82) is 0 Å². The Hall–Kier alpha value is -3.63.